The van der Waals surface area contributed by atoms with Crippen LogP contribution in [0.4, 0.5) is 0 Å². The molecule has 1 amide bonds. The number of carbonyl (C=O) groups excluding carboxylic acids is 1. The Morgan fingerprint density at radius 3 is 2.78 bits per heavy atom. The van der Waals surface area contributed by atoms with Crippen LogP contribution in [-0.4, -0.2) is 30.6 Å². The second-order valence-corrected chi connectivity index (χ2v) is 8.39. The van der Waals surface area contributed by atoms with Gasteiger partial charge in [-0.05, 0) is 43.4 Å². The lowest BCUT2D eigenvalue weighted by Gasteiger charge is -2.25. The van der Waals surface area contributed by atoms with E-state index < -0.39 is 0 Å². The van der Waals surface area contributed by atoms with Crippen molar-refractivity contribution in [3.63, 3.8) is 0 Å². The molecule has 0 saturated heterocycles. The standard InChI is InChI=1S/C21H26N2O3S/c1-14-23-17(13-27-14)8-9-22-21(24)20(15-4-2-3-5-15)16-6-7-18-19(12-16)26-11-10-25-18/h6-7,12-13,15,20H,2-5,8-11H2,1H3,(H,22,24). The van der Waals surface area contributed by atoms with E-state index in [0.29, 0.717) is 25.7 Å². The SMILES string of the molecule is Cc1nc(CCNC(=O)C(c2ccc3c(c2)OCCO3)C2CCCC2)cs1. The van der Waals surface area contributed by atoms with Gasteiger partial charge in [0.25, 0.3) is 0 Å². The average Bonchev–Trinajstić information content (AvgIpc) is 3.34. The van der Waals surface area contributed by atoms with Gasteiger partial charge >= 0.3 is 0 Å². The summed E-state index contributed by atoms with van der Waals surface area (Å²) in [7, 11) is 0. The van der Waals surface area contributed by atoms with Gasteiger partial charge in [-0.15, -0.1) is 11.3 Å². The molecule has 1 fully saturated rings. The topological polar surface area (TPSA) is 60.5 Å². The number of hydrogen-bond acceptors (Lipinski definition) is 5. The fourth-order valence-corrected chi connectivity index (χ4v) is 4.78. The van der Waals surface area contributed by atoms with Gasteiger partial charge in [-0.3, -0.25) is 4.79 Å². The molecule has 5 nitrogen and oxygen atoms in total. The van der Waals surface area contributed by atoms with Gasteiger partial charge < -0.3 is 14.8 Å². The molecule has 4 rings (SSSR count). The zero-order valence-electron chi connectivity index (χ0n) is 15.7. The molecule has 1 saturated carbocycles. The number of thiazole rings is 1. The van der Waals surface area contributed by atoms with Gasteiger partial charge in [-0.25, -0.2) is 4.98 Å². The molecule has 2 aromatic rings. The summed E-state index contributed by atoms with van der Waals surface area (Å²) in [4.78, 5) is 17.6. The maximum absolute atomic E-state index is 13.1. The lowest BCUT2D eigenvalue weighted by molar-refractivity contribution is -0.123. The highest BCUT2D eigenvalue weighted by atomic mass is 32.1. The minimum absolute atomic E-state index is 0.116. The van der Waals surface area contributed by atoms with Crippen molar-refractivity contribution >= 4 is 17.2 Å². The molecule has 144 valence electrons. The summed E-state index contributed by atoms with van der Waals surface area (Å²) in [6.07, 6.45) is 5.40. The monoisotopic (exact) mass is 386 g/mol. The minimum Gasteiger partial charge on any atom is -0.486 e. The van der Waals surface area contributed by atoms with Crippen LogP contribution in [-0.2, 0) is 11.2 Å². The van der Waals surface area contributed by atoms with Crippen LogP contribution in [0, 0.1) is 12.8 Å². The van der Waals surface area contributed by atoms with Crippen LogP contribution in [0.2, 0.25) is 0 Å². The van der Waals surface area contributed by atoms with Crippen molar-refractivity contribution < 1.29 is 14.3 Å². The van der Waals surface area contributed by atoms with Gasteiger partial charge in [0, 0.05) is 18.3 Å². The van der Waals surface area contributed by atoms with Gasteiger partial charge in [-0.2, -0.15) is 0 Å². The molecule has 1 aromatic heterocycles. The summed E-state index contributed by atoms with van der Waals surface area (Å²) < 4.78 is 11.4. The predicted molar refractivity (Wildman–Crippen MR) is 106 cm³/mol. The first kappa shape index (κ1) is 18.3. The Morgan fingerprint density at radius 2 is 2.04 bits per heavy atom. The smallest absolute Gasteiger partial charge is 0.227 e. The van der Waals surface area contributed by atoms with Gasteiger partial charge in [0.2, 0.25) is 5.91 Å². The number of benzene rings is 1. The largest absolute Gasteiger partial charge is 0.486 e. The minimum atomic E-state index is -0.125. The first-order valence-corrected chi connectivity index (χ1v) is 10.7. The molecule has 1 aliphatic heterocycles. The van der Waals surface area contributed by atoms with Crippen molar-refractivity contribution in [1.29, 1.82) is 0 Å². The molecule has 0 radical (unpaired) electrons. The molecule has 1 aliphatic carbocycles. The summed E-state index contributed by atoms with van der Waals surface area (Å²) in [5.74, 6) is 1.92. The van der Waals surface area contributed by atoms with E-state index in [0.717, 1.165) is 47.0 Å². The fourth-order valence-electron chi connectivity index (χ4n) is 4.13. The molecular formula is C21H26N2O3S. The molecule has 1 atom stereocenters. The second-order valence-electron chi connectivity index (χ2n) is 7.32. The average molecular weight is 387 g/mol. The highest BCUT2D eigenvalue weighted by molar-refractivity contribution is 7.09. The Kier molecular flexibility index (Phi) is 5.62. The lowest BCUT2D eigenvalue weighted by Crippen LogP contribution is -2.34. The predicted octanol–water partition coefficient (Wildman–Crippen LogP) is 3.86. The van der Waals surface area contributed by atoms with E-state index in [1.165, 1.54) is 12.8 Å². The van der Waals surface area contributed by atoms with E-state index in [2.05, 4.69) is 15.7 Å². The van der Waals surface area contributed by atoms with E-state index in [9.17, 15) is 4.79 Å². The molecule has 27 heavy (non-hydrogen) atoms. The first-order valence-electron chi connectivity index (χ1n) is 9.79. The number of rotatable bonds is 6. The third-order valence-electron chi connectivity index (χ3n) is 5.43. The van der Waals surface area contributed by atoms with Crippen molar-refractivity contribution in [2.24, 2.45) is 5.92 Å². The summed E-state index contributed by atoms with van der Waals surface area (Å²) in [6, 6.07) is 5.97. The number of amides is 1. The molecule has 1 N–H and O–H groups in total. The number of aromatic nitrogens is 1. The first-order chi connectivity index (χ1) is 13.2. The molecule has 1 aromatic carbocycles. The highest BCUT2D eigenvalue weighted by Crippen LogP contribution is 2.40. The third-order valence-corrected chi connectivity index (χ3v) is 6.25. The highest BCUT2D eigenvalue weighted by Gasteiger charge is 2.32. The Bertz CT molecular complexity index is 798. The Morgan fingerprint density at radius 1 is 1.26 bits per heavy atom. The molecule has 2 aliphatic rings. The van der Waals surface area contributed by atoms with E-state index in [1.807, 2.05) is 25.1 Å². The van der Waals surface area contributed by atoms with Crippen molar-refractivity contribution in [3.8, 4) is 11.5 Å². The van der Waals surface area contributed by atoms with Crippen molar-refractivity contribution in [1.82, 2.24) is 10.3 Å². The Hall–Kier alpha value is -2.08. The maximum Gasteiger partial charge on any atom is 0.227 e. The second kappa shape index (κ2) is 8.30. The zero-order valence-corrected chi connectivity index (χ0v) is 16.5. The van der Waals surface area contributed by atoms with Gasteiger partial charge in [-0.1, -0.05) is 18.9 Å². The number of carbonyl (C=O) groups is 1. The Labute approximate surface area is 164 Å². The summed E-state index contributed by atoms with van der Waals surface area (Å²) in [5, 5.41) is 6.28. The van der Waals surface area contributed by atoms with Gasteiger partial charge in [0.05, 0.1) is 16.6 Å². The van der Waals surface area contributed by atoms with E-state index in [4.69, 9.17) is 9.47 Å². The van der Waals surface area contributed by atoms with Gasteiger partial charge in [0.15, 0.2) is 11.5 Å². The van der Waals surface area contributed by atoms with Crippen LogP contribution in [0.1, 0.15) is 47.9 Å². The van der Waals surface area contributed by atoms with E-state index in [-0.39, 0.29) is 11.8 Å². The zero-order chi connectivity index (χ0) is 18.6. The number of nitrogens with one attached hydrogen (secondary N) is 1. The van der Waals surface area contributed by atoms with E-state index in [1.54, 1.807) is 11.3 Å². The molecule has 1 unspecified atom stereocenters. The number of ether oxygens (including phenoxy) is 2. The number of fused-ring (bicyclic) bond motifs is 1. The van der Waals surface area contributed by atoms with Crippen LogP contribution in [0.15, 0.2) is 23.6 Å². The molecule has 0 bridgehead atoms. The van der Waals surface area contributed by atoms with Crippen LogP contribution in [0.25, 0.3) is 0 Å². The van der Waals surface area contributed by atoms with Crippen LogP contribution in [0.5, 0.6) is 11.5 Å². The maximum atomic E-state index is 13.1. The number of aryl methyl sites for hydroxylation is 1. The van der Waals surface area contributed by atoms with Crippen LogP contribution >= 0.6 is 11.3 Å². The van der Waals surface area contributed by atoms with Gasteiger partial charge in [0.1, 0.15) is 13.2 Å². The fraction of sp³-hybridized carbons (Fsp3) is 0.524. The van der Waals surface area contributed by atoms with Crippen LogP contribution in [0.3, 0.4) is 0 Å². The lowest BCUT2D eigenvalue weighted by atomic mass is 9.84. The summed E-state index contributed by atoms with van der Waals surface area (Å²) in [5.41, 5.74) is 2.09. The number of nitrogens with zero attached hydrogens (tertiary/aromatic N) is 1. The quantitative estimate of drug-likeness (QED) is 0.819. The Balaban J connectivity index is 1.47. The number of hydrogen-bond donors (Lipinski definition) is 1. The van der Waals surface area contributed by atoms with Crippen molar-refractivity contribution in [2.45, 2.75) is 44.9 Å². The van der Waals surface area contributed by atoms with Crippen molar-refractivity contribution in [3.05, 3.63) is 39.8 Å². The summed E-state index contributed by atoms with van der Waals surface area (Å²) >= 11 is 1.65. The van der Waals surface area contributed by atoms with Crippen molar-refractivity contribution in [2.75, 3.05) is 19.8 Å². The molecular weight excluding hydrogens is 360 g/mol. The van der Waals surface area contributed by atoms with Crippen LogP contribution < -0.4 is 14.8 Å². The normalized spacial score (nSPS) is 17.7. The molecule has 2 heterocycles. The third kappa shape index (κ3) is 4.26. The summed E-state index contributed by atoms with van der Waals surface area (Å²) in [6.45, 7) is 3.76. The van der Waals surface area contributed by atoms with E-state index >= 15 is 0 Å². The molecule has 0 spiro atoms. The molecule has 6 heteroatoms.